The van der Waals surface area contributed by atoms with E-state index in [1.165, 1.54) is 19.2 Å². The van der Waals surface area contributed by atoms with E-state index in [4.69, 9.17) is 14.7 Å². The average Bonchev–Trinajstić information content (AvgIpc) is 2.69. The number of rotatable bonds is 4. The normalized spacial score (nSPS) is 22.7. The molecule has 2 N–H and O–H groups in total. The van der Waals surface area contributed by atoms with Crippen molar-refractivity contribution in [2.45, 2.75) is 12.5 Å². The first kappa shape index (κ1) is 18.0. The van der Waals surface area contributed by atoms with Gasteiger partial charge in [-0.2, -0.15) is 5.26 Å². The largest absolute Gasteiger partial charge is 0.481 e. The number of nitrogens with zero attached hydrogens (tertiary/aromatic N) is 2. The lowest BCUT2D eigenvalue weighted by Crippen LogP contribution is -2.42. The lowest BCUT2D eigenvalue weighted by Gasteiger charge is -2.30. The van der Waals surface area contributed by atoms with Gasteiger partial charge in [0.1, 0.15) is 17.6 Å². The molecule has 0 aromatic carbocycles. The summed E-state index contributed by atoms with van der Waals surface area (Å²) in [6, 6.07) is 4.58. The maximum atomic E-state index is 14.5. The van der Waals surface area contributed by atoms with Gasteiger partial charge in [-0.15, -0.1) is 0 Å². The van der Waals surface area contributed by atoms with Crippen molar-refractivity contribution in [3.63, 3.8) is 0 Å². The van der Waals surface area contributed by atoms with Gasteiger partial charge in [-0.05, 0) is 12.1 Å². The van der Waals surface area contributed by atoms with Crippen molar-refractivity contribution in [3.05, 3.63) is 47.1 Å². The standard InChI is InChI=1S/C18H19FN4O3/c1-25-17-8-12(6-13(9-20)22-17)18(24)23-15-3-2-11(7-14(15)19)16-10-21-4-5-26-16/h2-3,6,8,11,16,21H,4-5,7,10H2,1H3,(H,23,24)/t11?,16-/m1/s1. The monoisotopic (exact) mass is 358 g/mol. The van der Waals surface area contributed by atoms with E-state index in [0.29, 0.717) is 13.2 Å². The second-order valence-corrected chi connectivity index (χ2v) is 6.01. The number of methoxy groups -OCH3 is 1. The minimum atomic E-state index is -0.536. The highest BCUT2D eigenvalue weighted by Gasteiger charge is 2.27. The highest BCUT2D eigenvalue weighted by molar-refractivity contribution is 5.96. The summed E-state index contributed by atoms with van der Waals surface area (Å²) in [5.74, 6) is -0.868. The second kappa shape index (κ2) is 8.08. The van der Waals surface area contributed by atoms with Crippen LogP contribution in [-0.2, 0) is 4.74 Å². The molecule has 1 saturated heterocycles. The third-order valence-electron chi connectivity index (χ3n) is 4.29. The highest BCUT2D eigenvalue weighted by atomic mass is 19.1. The van der Waals surface area contributed by atoms with Gasteiger partial charge in [0.15, 0.2) is 0 Å². The van der Waals surface area contributed by atoms with Crippen LogP contribution in [0.15, 0.2) is 35.8 Å². The van der Waals surface area contributed by atoms with Crippen molar-refractivity contribution in [2.75, 3.05) is 26.8 Å². The first-order valence-corrected chi connectivity index (χ1v) is 8.27. The van der Waals surface area contributed by atoms with Gasteiger partial charge in [0, 0.05) is 37.1 Å². The molecule has 1 aliphatic heterocycles. The van der Waals surface area contributed by atoms with Crippen LogP contribution in [0.3, 0.4) is 0 Å². The molecule has 0 bridgehead atoms. The number of pyridine rings is 1. The Morgan fingerprint density at radius 3 is 3.04 bits per heavy atom. The molecule has 2 aliphatic rings. The summed E-state index contributed by atoms with van der Waals surface area (Å²) in [7, 11) is 1.39. The zero-order chi connectivity index (χ0) is 18.5. The minimum Gasteiger partial charge on any atom is -0.481 e. The first-order chi connectivity index (χ1) is 12.6. The number of hydrogen-bond donors (Lipinski definition) is 2. The molecule has 1 amide bonds. The quantitative estimate of drug-likeness (QED) is 0.845. The number of halogens is 1. The highest BCUT2D eigenvalue weighted by Crippen LogP contribution is 2.28. The zero-order valence-electron chi connectivity index (χ0n) is 14.3. The Morgan fingerprint density at radius 2 is 2.38 bits per heavy atom. The number of carbonyl (C=O) groups is 1. The van der Waals surface area contributed by atoms with Crippen molar-refractivity contribution in [1.82, 2.24) is 15.6 Å². The van der Waals surface area contributed by atoms with E-state index in [-0.39, 0.29) is 41.3 Å². The summed E-state index contributed by atoms with van der Waals surface area (Å²) >= 11 is 0. The van der Waals surface area contributed by atoms with Crippen LogP contribution in [0, 0.1) is 17.2 Å². The number of carbonyl (C=O) groups excluding carboxylic acids is 1. The average molecular weight is 358 g/mol. The molecular formula is C18H19FN4O3. The van der Waals surface area contributed by atoms with Crippen LogP contribution >= 0.6 is 0 Å². The molecule has 2 atom stereocenters. The second-order valence-electron chi connectivity index (χ2n) is 6.01. The summed E-state index contributed by atoms with van der Waals surface area (Å²) in [6.45, 7) is 2.08. The molecule has 8 heteroatoms. The summed E-state index contributed by atoms with van der Waals surface area (Å²) < 4.78 is 25.1. The Bertz CT molecular complexity index is 794. The molecule has 0 spiro atoms. The minimum absolute atomic E-state index is 0.0464. The van der Waals surface area contributed by atoms with Gasteiger partial charge in [0.25, 0.3) is 5.91 Å². The predicted molar refractivity (Wildman–Crippen MR) is 91.0 cm³/mol. The number of allylic oxidation sites excluding steroid dienone is 2. The lowest BCUT2D eigenvalue weighted by atomic mass is 9.92. The Labute approximate surface area is 150 Å². The molecule has 1 aromatic heterocycles. The van der Waals surface area contributed by atoms with Gasteiger partial charge in [0.2, 0.25) is 5.88 Å². The molecule has 1 unspecified atom stereocenters. The van der Waals surface area contributed by atoms with Crippen LogP contribution in [0.25, 0.3) is 0 Å². The molecule has 1 aliphatic carbocycles. The molecule has 3 rings (SSSR count). The fraction of sp³-hybridized carbons (Fsp3) is 0.389. The molecule has 26 heavy (non-hydrogen) atoms. The molecule has 2 heterocycles. The number of morpholine rings is 1. The molecule has 0 saturated carbocycles. The van der Waals surface area contributed by atoms with Crippen LogP contribution < -0.4 is 15.4 Å². The van der Waals surface area contributed by atoms with Gasteiger partial charge in [0.05, 0.1) is 25.5 Å². The summed E-state index contributed by atoms with van der Waals surface area (Å²) in [4.78, 5) is 16.3. The fourth-order valence-corrected chi connectivity index (χ4v) is 2.91. The molecule has 0 radical (unpaired) electrons. The van der Waals surface area contributed by atoms with Crippen molar-refractivity contribution >= 4 is 5.91 Å². The summed E-state index contributed by atoms with van der Waals surface area (Å²) in [5.41, 5.74) is 0.332. The van der Waals surface area contributed by atoms with E-state index in [1.807, 2.05) is 12.1 Å². The van der Waals surface area contributed by atoms with Gasteiger partial charge < -0.3 is 20.1 Å². The maximum Gasteiger partial charge on any atom is 0.256 e. The molecule has 1 fully saturated rings. The van der Waals surface area contributed by atoms with E-state index in [2.05, 4.69) is 15.6 Å². The van der Waals surface area contributed by atoms with E-state index in [1.54, 1.807) is 6.08 Å². The van der Waals surface area contributed by atoms with Crippen LogP contribution in [0.4, 0.5) is 4.39 Å². The SMILES string of the molecule is COc1cc(C(=O)NC2=C(F)CC([C@H]3CNCCO3)C=C2)cc(C#N)n1. The Kier molecular flexibility index (Phi) is 5.61. The van der Waals surface area contributed by atoms with Crippen molar-refractivity contribution in [3.8, 4) is 11.9 Å². The smallest absolute Gasteiger partial charge is 0.256 e. The lowest BCUT2D eigenvalue weighted by molar-refractivity contribution is 0.00167. The van der Waals surface area contributed by atoms with Gasteiger partial charge >= 0.3 is 0 Å². The van der Waals surface area contributed by atoms with Gasteiger partial charge in [-0.25, -0.2) is 9.37 Å². The Hall–Kier alpha value is -2.76. The maximum absolute atomic E-state index is 14.5. The number of aromatic nitrogens is 1. The number of amides is 1. The Morgan fingerprint density at radius 1 is 1.54 bits per heavy atom. The number of nitrogens with one attached hydrogen (secondary N) is 2. The van der Waals surface area contributed by atoms with Crippen LogP contribution in [0.2, 0.25) is 0 Å². The topological polar surface area (TPSA) is 96.3 Å². The van der Waals surface area contributed by atoms with Crippen LogP contribution in [-0.4, -0.2) is 43.8 Å². The van der Waals surface area contributed by atoms with E-state index in [9.17, 15) is 9.18 Å². The van der Waals surface area contributed by atoms with E-state index >= 15 is 0 Å². The number of ether oxygens (including phenoxy) is 2. The number of nitriles is 1. The molecule has 7 nitrogen and oxygen atoms in total. The summed E-state index contributed by atoms with van der Waals surface area (Å²) in [6.07, 6.45) is 3.50. The molecular weight excluding hydrogens is 339 g/mol. The van der Waals surface area contributed by atoms with Crippen molar-refractivity contribution < 1.29 is 18.7 Å². The summed E-state index contributed by atoms with van der Waals surface area (Å²) in [5, 5.41) is 14.7. The zero-order valence-corrected chi connectivity index (χ0v) is 14.3. The van der Waals surface area contributed by atoms with Crippen LogP contribution in [0.5, 0.6) is 5.88 Å². The number of hydrogen-bond acceptors (Lipinski definition) is 6. The van der Waals surface area contributed by atoms with Crippen LogP contribution in [0.1, 0.15) is 22.5 Å². The first-order valence-electron chi connectivity index (χ1n) is 8.27. The third kappa shape index (κ3) is 4.07. The van der Waals surface area contributed by atoms with Crippen molar-refractivity contribution in [2.24, 2.45) is 5.92 Å². The van der Waals surface area contributed by atoms with E-state index in [0.717, 1.165) is 6.54 Å². The van der Waals surface area contributed by atoms with Gasteiger partial charge in [-0.1, -0.05) is 6.08 Å². The van der Waals surface area contributed by atoms with E-state index < -0.39 is 11.7 Å². The predicted octanol–water partition coefficient (Wildman–Crippen LogP) is 1.44. The Balaban J connectivity index is 1.70. The molecule has 1 aromatic rings. The molecule has 136 valence electrons. The van der Waals surface area contributed by atoms with Gasteiger partial charge in [-0.3, -0.25) is 4.79 Å². The fourth-order valence-electron chi connectivity index (χ4n) is 2.91. The third-order valence-corrected chi connectivity index (χ3v) is 4.29. The van der Waals surface area contributed by atoms with Crippen molar-refractivity contribution in [1.29, 1.82) is 5.26 Å².